The van der Waals surface area contributed by atoms with Crippen LogP contribution in [0.4, 0.5) is 8.78 Å². The number of aliphatic hydroxyl groups is 1. The van der Waals surface area contributed by atoms with Crippen LogP contribution in [0.15, 0.2) is 18.2 Å². The number of β-amino-alcohol motifs (C(OH)–C–C–N with tert-alkyl or cyclic N) is 1. The Labute approximate surface area is 134 Å². The number of carbonyl (C=O) groups is 1. The van der Waals surface area contributed by atoms with E-state index in [1.165, 1.54) is 6.07 Å². The topological polar surface area (TPSA) is 61.8 Å². The molecule has 0 saturated carbocycles. The monoisotopic (exact) mass is 328 g/mol. The van der Waals surface area contributed by atoms with Gasteiger partial charge in [0.1, 0.15) is 11.6 Å². The summed E-state index contributed by atoms with van der Waals surface area (Å²) in [5, 5.41) is 12.9. The average Bonchev–Trinajstić information content (AvgIpc) is 2.49. The summed E-state index contributed by atoms with van der Waals surface area (Å²) >= 11 is 0. The van der Waals surface area contributed by atoms with E-state index in [1.807, 2.05) is 0 Å². The smallest absolute Gasteiger partial charge is 0.224 e. The van der Waals surface area contributed by atoms with Crippen molar-refractivity contribution in [3.63, 3.8) is 0 Å². The molecule has 1 aromatic carbocycles. The first-order chi connectivity index (χ1) is 10.9. The van der Waals surface area contributed by atoms with Crippen molar-refractivity contribution in [2.45, 2.75) is 18.9 Å². The molecule has 1 heterocycles. The highest BCUT2D eigenvalue weighted by atomic mass is 19.1. The summed E-state index contributed by atoms with van der Waals surface area (Å²) in [7, 11) is 0. The molecule has 0 spiro atoms. The molecule has 1 saturated heterocycles. The summed E-state index contributed by atoms with van der Waals surface area (Å²) in [5.41, 5.74) is -0.967. The van der Waals surface area contributed by atoms with Gasteiger partial charge in [0.15, 0.2) is 0 Å². The Morgan fingerprint density at radius 3 is 2.74 bits per heavy atom. The van der Waals surface area contributed by atoms with E-state index in [9.17, 15) is 18.7 Å². The molecular weight excluding hydrogens is 306 g/mol. The number of hydrogen-bond donors (Lipinski definition) is 2. The number of ether oxygens (including phenoxy) is 1. The Balaban J connectivity index is 1.80. The highest BCUT2D eigenvalue weighted by molar-refractivity contribution is 5.78. The fourth-order valence-electron chi connectivity index (χ4n) is 2.49. The van der Waals surface area contributed by atoms with E-state index in [-0.39, 0.29) is 18.5 Å². The first-order valence-corrected chi connectivity index (χ1v) is 7.59. The van der Waals surface area contributed by atoms with Gasteiger partial charge in [-0.2, -0.15) is 0 Å². The number of amides is 1. The summed E-state index contributed by atoms with van der Waals surface area (Å²) in [4.78, 5) is 13.9. The van der Waals surface area contributed by atoms with Crippen molar-refractivity contribution in [3.05, 3.63) is 35.4 Å². The van der Waals surface area contributed by atoms with Crippen molar-refractivity contribution in [1.82, 2.24) is 10.2 Å². The summed E-state index contributed by atoms with van der Waals surface area (Å²) in [6, 6.07) is 3.10. The zero-order valence-electron chi connectivity index (χ0n) is 13.1. The van der Waals surface area contributed by atoms with Crippen molar-refractivity contribution in [3.8, 4) is 0 Å². The molecule has 0 aromatic heterocycles. The molecule has 1 amide bonds. The second-order valence-electron chi connectivity index (χ2n) is 6.07. The third-order valence-electron chi connectivity index (χ3n) is 3.70. The number of benzene rings is 1. The number of nitrogens with one attached hydrogen (secondary N) is 1. The Kier molecular flexibility index (Phi) is 6.04. The minimum Gasteiger partial charge on any atom is -0.387 e. The minimum absolute atomic E-state index is 0.0615. The maximum atomic E-state index is 13.5. The van der Waals surface area contributed by atoms with Crippen LogP contribution in [-0.4, -0.2) is 60.9 Å². The standard InChI is InChI=1S/C16H22F2N2O3/c1-16(22,11-20-4-6-23-7-5-20)10-19-15(21)8-12-2-3-13(17)9-14(12)18/h2-3,9,22H,4-8,10-11H2,1H3,(H,19,21). The van der Waals surface area contributed by atoms with Crippen molar-refractivity contribution in [2.75, 3.05) is 39.4 Å². The van der Waals surface area contributed by atoms with Crippen molar-refractivity contribution < 1.29 is 23.4 Å². The normalized spacial score (nSPS) is 18.4. The van der Waals surface area contributed by atoms with Gasteiger partial charge >= 0.3 is 0 Å². The molecule has 0 bridgehead atoms. The van der Waals surface area contributed by atoms with E-state index in [2.05, 4.69) is 10.2 Å². The predicted octanol–water partition coefficient (Wildman–Crippen LogP) is 0.707. The second-order valence-corrected chi connectivity index (χ2v) is 6.07. The van der Waals surface area contributed by atoms with E-state index in [0.29, 0.717) is 19.8 Å². The Morgan fingerprint density at radius 1 is 1.39 bits per heavy atom. The number of halogens is 2. The van der Waals surface area contributed by atoms with Gasteiger partial charge in [-0.3, -0.25) is 9.69 Å². The van der Waals surface area contributed by atoms with Crippen LogP contribution in [0.1, 0.15) is 12.5 Å². The van der Waals surface area contributed by atoms with Gasteiger partial charge in [-0.05, 0) is 18.6 Å². The largest absolute Gasteiger partial charge is 0.387 e. The number of hydrogen-bond acceptors (Lipinski definition) is 4. The molecule has 1 aromatic rings. The Hall–Kier alpha value is -1.57. The van der Waals surface area contributed by atoms with Crippen LogP contribution in [0.3, 0.4) is 0 Å². The second kappa shape index (κ2) is 7.81. The lowest BCUT2D eigenvalue weighted by Gasteiger charge is -2.33. The Bertz CT molecular complexity index is 546. The molecule has 0 radical (unpaired) electrons. The number of morpholine rings is 1. The third-order valence-corrected chi connectivity index (χ3v) is 3.70. The summed E-state index contributed by atoms with van der Waals surface area (Å²) < 4.78 is 31.6. The van der Waals surface area contributed by atoms with Gasteiger partial charge in [0, 0.05) is 32.2 Å². The van der Waals surface area contributed by atoms with Crippen LogP contribution < -0.4 is 5.32 Å². The van der Waals surface area contributed by atoms with Gasteiger partial charge in [-0.15, -0.1) is 0 Å². The molecule has 1 unspecified atom stereocenters. The molecule has 5 nitrogen and oxygen atoms in total. The first-order valence-electron chi connectivity index (χ1n) is 7.59. The van der Waals surface area contributed by atoms with Crippen LogP contribution >= 0.6 is 0 Å². The minimum atomic E-state index is -1.09. The molecule has 2 N–H and O–H groups in total. The van der Waals surface area contributed by atoms with Gasteiger partial charge in [0.25, 0.3) is 0 Å². The van der Waals surface area contributed by atoms with Gasteiger partial charge in [-0.25, -0.2) is 8.78 Å². The summed E-state index contributed by atoms with van der Waals surface area (Å²) in [6.07, 6.45) is -0.195. The molecule has 7 heteroatoms. The first kappa shape index (κ1) is 17.8. The lowest BCUT2D eigenvalue weighted by Crippen LogP contribution is -2.51. The molecule has 1 fully saturated rings. The van der Waals surface area contributed by atoms with Crippen LogP contribution in [-0.2, 0) is 16.0 Å². The SMILES string of the molecule is CC(O)(CNC(=O)Cc1ccc(F)cc1F)CN1CCOCC1. The molecule has 128 valence electrons. The predicted molar refractivity (Wildman–Crippen MR) is 81.0 cm³/mol. The van der Waals surface area contributed by atoms with E-state index >= 15 is 0 Å². The highest BCUT2D eigenvalue weighted by Crippen LogP contribution is 2.11. The van der Waals surface area contributed by atoms with Crippen molar-refractivity contribution >= 4 is 5.91 Å². The molecule has 1 aliphatic rings. The maximum absolute atomic E-state index is 13.5. The number of carbonyl (C=O) groups excluding carboxylic acids is 1. The summed E-state index contributed by atoms with van der Waals surface area (Å²) in [6.45, 7) is 4.86. The molecule has 0 aliphatic carbocycles. The van der Waals surface area contributed by atoms with E-state index in [0.717, 1.165) is 25.2 Å². The van der Waals surface area contributed by atoms with Crippen LogP contribution in [0.25, 0.3) is 0 Å². The van der Waals surface area contributed by atoms with Crippen LogP contribution in [0, 0.1) is 11.6 Å². The van der Waals surface area contributed by atoms with Crippen LogP contribution in [0.5, 0.6) is 0 Å². The molecule has 1 aliphatic heterocycles. The highest BCUT2D eigenvalue weighted by Gasteiger charge is 2.26. The fraction of sp³-hybridized carbons (Fsp3) is 0.562. The fourth-order valence-corrected chi connectivity index (χ4v) is 2.49. The molecular formula is C16H22F2N2O3. The third kappa shape index (κ3) is 5.85. The van der Waals surface area contributed by atoms with E-state index < -0.39 is 23.1 Å². The summed E-state index contributed by atoms with van der Waals surface area (Å²) in [5.74, 6) is -1.85. The van der Waals surface area contributed by atoms with Gasteiger partial charge < -0.3 is 15.2 Å². The van der Waals surface area contributed by atoms with Crippen LogP contribution in [0.2, 0.25) is 0 Å². The molecule has 1 atom stereocenters. The average molecular weight is 328 g/mol. The van der Waals surface area contributed by atoms with Crippen molar-refractivity contribution in [1.29, 1.82) is 0 Å². The number of rotatable bonds is 6. The molecule has 2 rings (SSSR count). The van der Waals surface area contributed by atoms with Gasteiger partial charge in [0.05, 0.1) is 25.2 Å². The quantitative estimate of drug-likeness (QED) is 0.807. The zero-order valence-corrected chi connectivity index (χ0v) is 13.1. The van der Waals surface area contributed by atoms with E-state index in [1.54, 1.807) is 6.92 Å². The van der Waals surface area contributed by atoms with Gasteiger partial charge in [0.2, 0.25) is 5.91 Å². The van der Waals surface area contributed by atoms with Crippen molar-refractivity contribution in [2.24, 2.45) is 0 Å². The Morgan fingerprint density at radius 2 is 2.09 bits per heavy atom. The lowest BCUT2D eigenvalue weighted by atomic mass is 10.1. The zero-order chi connectivity index (χ0) is 16.9. The molecule has 23 heavy (non-hydrogen) atoms. The van der Waals surface area contributed by atoms with E-state index in [4.69, 9.17) is 4.74 Å². The number of nitrogens with zero attached hydrogens (tertiary/aromatic N) is 1. The maximum Gasteiger partial charge on any atom is 0.224 e. The lowest BCUT2D eigenvalue weighted by molar-refractivity contribution is -0.122. The van der Waals surface area contributed by atoms with Gasteiger partial charge in [-0.1, -0.05) is 6.07 Å².